The number of nitrogens with zero attached hydrogens (tertiary/aromatic N) is 3. The molecule has 33 heavy (non-hydrogen) atoms. The molecule has 174 valence electrons. The molecule has 1 aliphatic heterocycles. The molecule has 0 atom stereocenters. The Hall–Kier alpha value is -3.40. The number of ether oxygens (including phenoxy) is 2. The lowest BCUT2D eigenvalue weighted by molar-refractivity contribution is -0.274. The van der Waals surface area contributed by atoms with E-state index in [-0.39, 0.29) is 17.4 Å². The van der Waals surface area contributed by atoms with Crippen LogP contribution in [0.3, 0.4) is 0 Å². The summed E-state index contributed by atoms with van der Waals surface area (Å²) < 4.78 is 48.0. The molecule has 1 aliphatic rings. The van der Waals surface area contributed by atoms with E-state index in [0.29, 0.717) is 48.9 Å². The van der Waals surface area contributed by atoms with E-state index in [0.717, 1.165) is 12.8 Å². The summed E-state index contributed by atoms with van der Waals surface area (Å²) in [5, 5.41) is 3.31. The van der Waals surface area contributed by atoms with Gasteiger partial charge in [-0.1, -0.05) is 12.1 Å². The first kappa shape index (κ1) is 22.8. The number of pyridine rings is 1. The highest BCUT2D eigenvalue weighted by molar-refractivity contribution is 5.59. The zero-order valence-corrected chi connectivity index (χ0v) is 17.7. The molecule has 1 aromatic carbocycles. The lowest BCUT2D eigenvalue weighted by Gasteiger charge is -2.23. The van der Waals surface area contributed by atoms with Crippen molar-refractivity contribution in [3.05, 3.63) is 70.8 Å². The van der Waals surface area contributed by atoms with Crippen LogP contribution in [-0.2, 0) is 17.7 Å². The van der Waals surface area contributed by atoms with Gasteiger partial charge in [0.2, 0.25) is 5.95 Å². The Labute approximate surface area is 188 Å². The molecule has 0 bridgehead atoms. The van der Waals surface area contributed by atoms with Gasteiger partial charge in [-0.2, -0.15) is 0 Å². The average molecular weight is 460 g/mol. The molecule has 10 heteroatoms. The van der Waals surface area contributed by atoms with Crippen LogP contribution in [0.25, 0.3) is 11.3 Å². The van der Waals surface area contributed by atoms with E-state index in [2.05, 4.69) is 20.0 Å². The second kappa shape index (κ2) is 10.0. The van der Waals surface area contributed by atoms with Crippen LogP contribution in [0.1, 0.15) is 18.4 Å². The van der Waals surface area contributed by atoms with Crippen molar-refractivity contribution in [2.75, 3.05) is 18.5 Å². The van der Waals surface area contributed by atoms with Gasteiger partial charge < -0.3 is 19.4 Å². The molecule has 1 N–H and O–H groups in total. The number of anilines is 1. The zero-order valence-electron chi connectivity index (χ0n) is 17.7. The molecule has 3 aromatic rings. The summed E-state index contributed by atoms with van der Waals surface area (Å²) in [4.78, 5) is 21.4. The maximum absolute atomic E-state index is 12.6. The van der Waals surface area contributed by atoms with Crippen LogP contribution >= 0.6 is 0 Å². The smallest absolute Gasteiger partial charge is 0.406 e. The lowest BCUT2D eigenvalue weighted by Crippen LogP contribution is -2.28. The molecule has 0 radical (unpaired) electrons. The Morgan fingerprint density at radius 2 is 1.97 bits per heavy atom. The van der Waals surface area contributed by atoms with Crippen molar-refractivity contribution in [2.45, 2.75) is 38.2 Å². The highest BCUT2D eigenvalue weighted by Crippen LogP contribution is 2.23. The third-order valence-corrected chi connectivity index (χ3v) is 5.28. The highest BCUT2D eigenvalue weighted by atomic mass is 19.4. The minimum absolute atomic E-state index is 0.229. The van der Waals surface area contributed by atoms with Crippen LogP contribution in [-0.4, -0.2) is 40.2 Å². The summed E-state index contributed by atoms with van der Waals surface area (Å²) in [6.07, 6.45) is 0.699. The molecular formula is C23H23F3N4O3. The van der Waals surface area contributed by atoms with E-state index in [4.69, 9.17) is 4.74 Å². The van der Waals surface area contributed by atoms with Gasteiger partial charge in [-0.3, -0.25) is 4.79 Å². The van der Waals surface area contributed by atoms with Gasteiger partial charge in [0.05, 0.1) is 5.69 Å². The molecular weight excluding hydrogens is 437 g/mol. The first-order valence-corrected chi connectivity index (χ1v) is 10.6. The number of aromatic nitrogens is 3. The number of rotatable bonds is 7. The molecule has 0 amide bonds. The first-order valence-electron chi connectivity index (χ1n) is 10.6. The Bertz CT molecular complexity index is 1140. The van der Waals surface area contributed by atoms with Crippen molar-refractivity contribution >= 4 is 5.95 Å². The van der Waals surface area contributed by atoms with Gasteiger partial charge >= 0.3 is 6.36 Å². The maximum Gasteiger partial charge on any atom is 0.573 e. The molecule has 0 unspecified atom stereocenters. The Balaban J connectivity index is 1.42. The topological polar surface area (TPSA) is 78.3 Å². The van der Waals surface area contributed by atoms with E-state index < -0.39 is 6.36 Å². The monoisotopic (exact) mass is 460 g/mol. The number of halogens is 3. The predicted molar refractivity (Wildman–Crippen MR) is 116 cm³/mol. The first-order chi connectivity index (χ1) is 15.9. The summed E-state index contributed by atoms with van der Waals surface area (Å²) in [5.74, 6) is 0.223. The van der Waals surface area contributed by atoms with E-state index in [1.54, 1.807) is 30.6 Å². The minimum Gasteiger partial charge on any atom is -0.406 e. The molecule has 4 rings (SSSR count). The quantitative estimate of drug-likeness (QED) is 0.574. The number of aryl methyl sites for hydroxylation is 2. The van der Waals surface area contributed by atoms with Gasteiger partial charge in [0, 0.05) is 49.8 Å². The summed E-state index contributed by atoms with van der Waals surface area (Å²) in [7, 11) is 0. The maximum atomic E-state index is 12.6. The van der Waals surface area contributed by atoms with Crippen molar-refractivity contribution in [2.24, 2.45) is 0 Å². The van der Waals surface area contributed by atoms with Crippen LogP contribution in [0.2, 0.25) is 0 Å². The SMILES string of the molecule is O=c1cc(-c2ccnc(NC3CCOCC3)n2)ccn1CCc1cccc(OC(F)(F)F)c1. The van der Waals surface area contributed by atoms with Crippen LogP contribution in [0, 0.1) is 0 Å². The molecule has 0 aliphatic carbocycles. The van der Waals surface area contributed by atoms with Crippen molar-refractivity contribution in [3.63, 3.8) is 0 Å². The molecule has 0 spiro atoms. The van der Waals surface area contributed by atoms with Gasteiger partial charge in [0.15, 0.2) is 0 Å². The summed E-state index contributed by atoms with van der Waals surface area (Å²) in [5.41, 5.74) is 1.69. The van der Waals surface area contributed by atoms with Crippen molar-refractivity contribution in [1.82, 2.24) is 14.5 Å². The second-order valence-corrected chi connectivity index (χ2v) is 7.69. The average Bonchev–Trinajstić information content (AvgIpc) is 2.78. The fourth-order valence-electron chi connectivity index (χ4n) is 3.61. The minimum atomic E-state index is -4.74. The van der Waals surface area contributed by atoms with Gasteiger partial charge in [0.1, 0.15) is 5.75 Å². The summed E-state index contributed by atoms with van der Waals surface area (Å²) in [6, 6.07) is 11.0. The Morgan fingerprint density at radius 1 is 1.15 bits per heavy atom. The number of alkyl halides is 3. The van der Waals surface area contributed by atoms with Gasteiger partial charge in [-0.15, -0.1) is 13.2 Å². The fraction of sp³-hybridized carbons (Fsp3) is 0.348. The zero-order chi connectivity index (χ0) is 23.3. The van der Waals surface area contributed by atoms with Gasteiger partial charge in [0.25, 0.3) is 5.56 Å². The molecule has 2 aromatic heterocycles. The van der Waals surface area contributed by atoms with Crippen LogP contribution in [0.15, 0.2) is 59.7 Å². The predicted octanol–water partition coefficient (Wildman–Crippen LogP) is 4.04. The normalized spacial score (nSPS) is 14.8. The van der Waals surface area contributed by atoms with Crippen molar-refractivity contribution in [3.8, 4) is 17.0 Å². The summed E-state index contributed by atoms with van der Waals surface area (Å²) >= 11 is 0. The van der Waals surface area contributed by atoms with Crippen LogP contribution < -0.4 is 15.6 Å². The number of benzene rings is 1. The standard InChI is InChI=1S/C23H23F3N4O3/c24-23(25,26)33-19-3-1-2-16(14-19)5-10-30-11-6-17(15-21(30)31)20-4-9-27-22(29-20)28-18-7-12-32-13-8-18/h1-4,6,9,11,14-15,18H,5,7-8,10,12-13H2,(H,27,28,29). The third kappa shape index (κ3) is 6.55. The van der Waals surface area contributed by atoms with Crippen molar-refractivity contribution < 1.29 is 22.6 Å². The van der Waals surface area contributed by atoms with E-state index in [1.807, 2.05) is 0 Å². The second-order valence-electron chi connectivity index (χ2n) is 7.69. The largest absolute Gasteiger partial charge is 0.573 e. The number of hydrogen-bond acceptors (Lipinski definition) is 6. The molecule has 3 heterocycles. The third-order valence-electron chi connectivity index (χ3n) is 5.28. The van der Waals surface area contributed by atoms with E-state index in [1.165, 1.54) is 28.8 Å². The van der Waals surface area contributed by atoms with E-state index in [9.17, 15) is 18.0 Å². The van der Waals surface area contributed by atoms with Gasteiger partial charge in [-0.05, 0) is 49.1 Å². The Morgan fingerprint density at radius 3 is 2.73 bits per heavy atom. The number of nitrogens with one attached hydrogen (secondary N) is 1. The molecule has 0 saturated carbocycles. The molecule has 1 fully saturated rings. The number of hydrogen-bond donors (Lipinski definition) is 1. The highest BCUT2D eigenvalue weighted by Gasteiger charge is 2.31. The van der Waals surface area contributed by atoms with Gasteiger partial charge in [-0.25, -0.2) is 9.97 Å². The fourth-order valence-corrected chi connectivity index (χ4v) is 3.61. The van der Waals surface area contributed by atoms with Crippen LogP contribution in [0.5, 0.6) is 5.75 Å². The molecule has 7 nitrogen and oxygen atoms in total. The lowest BCUT2D eigenvalue weighted by atomic mass is 10.1. The molecule has 1 saturated heterocycles. The summed E-state index contributed by atoms with van der Waals surface area (Å²) in [6.45, 7) is 1.72. The Kier molecular flexibility index (Phi) is 6.93. The van der Waals surface area contributed by atoms with Crippen molar-refractivity contribution in [1.29, 1.82) is 0 Å². The van der Waals surface area contributed by atoms with E-state index >= 15 is 0 Å². The van der Waals surface area contributed by atoms with Crippen LogP contribution in [0.4, 0.5) is 19.1 Å².